The summed E-state index contributed by atoms with van der Waals surface area (Å²) in [6.07, 6.45) is 3.29. The summed E-state index contributed by atoms with van der Waals surface area (Å²) in [6.45, 7) is 3.20. The minimum Gasteiger partial charge on any atom is -0.337 e. The molecular weight excluding hydrogens is 432 g/mol. The molecule has 0 aromatic carbocycles. The van der Waals surface area contributed by atoms with Crippen molar-refractivity contribution in [3.05, 3.63) is 57.0 Å². The predicted octanol–water partition coefficient (Wildman–Crippen LogP) is 1.53. The van der Waals surface area contributed by atoms with Gasteiger partial charge < -0.3 is 10.3 Å². The summed E-state index contributed by atoms with van der Waals surface area (Å²) in [5.41, 5.74) is 2.38. The lowest BCUT2D eigenvalue weighted by Crippen LogP contribution is -2.40. The molecule has 1 aliphatic rings. The summed E-state index contributed by atoms with van der Waals surface area (Å²) in [6, 6.07) is 7.24. The van der Waals surface area contributed by atoms with Crippen molar-refractivity contribution in [3.63, 3.8) is 0 Å². The van der Waals surface area contributed by atoms with Crippen molar-refractivity contribution in [2.75, 3.05) is 18.0 Å². The number of rotatable bonds is 4. The molecule has 5 rings (SSSR count). The molecule has 1 saturated heterocycles. The molecular formula is C24H24N8O2. The highest BCUT2D eigenvalue weighted by atomic mass is 16.2. The maximum Gasteiger partial charge on any atom is 0.332 e. The number of imidazole rings is 1. The molecule has 10 nitrogen and oxygen atoms in total. The molecule has 0 spiro atoms. The second-order valence-corrected chi connectivity index (χ2v) is 8.30. The van der Waals surface area contributed by atoms with Crippen LogP contribution in [0.15, 0.2) is 40.1 Å². The monoisotopic (exact) mass is 456 g/mol. The number of nitrogens with one attached hydrogen (secondary N) is 1. The third-order valence-electron chi connectivity index (χ3n) is 6.03. The molecule has 0 atom stereocenters. The Bertz CT molecular complexity index is 1620. The number of fused-ring (bicyclic) bond motifs is 2. The van der Waals surface area contributed by atoms with Gasteiger partial charge >= 0.3 is 5.69 Å². The normalized spacial score (nSPS) is 13.9. The Morgan fingerprint density at radius 1 is 1.12 bits per heavy atom. The highest BCUT2D eigenvalue weighted by molar-refractivity contribution is 5.87. The average Bonchev–Trinajstić information content (AvgIpc) is 3.23. The molecule has 1 fully saturated rings. The first kappa shape index (κ1) is 21.6. The first-order valence-corrected chi connectivity index (χ1v) is 11.1. The smallest absolute Gasteiger partial charge is 0.332 e. The van der Waals surface area contributed by atoms with Crippen LogP contribution in [0.25, 0.3) is 22.2 Å². The minimum absolute atomic E-state index is 0.0284. The van der Waals surface area contributed by atoms with E-state index in [1.54, 1.807) is 36.9 Å². The summed E-state index contributed by atoms with van der Waals surface area (Å²) in [4.78, 5) is 42.4. The van der Waals surface area contributed by atoms with Crippen LogP contribution in [-0.2, 0) is 20.1 Å². The van der Waals surface area contributed by atoms with Gasteiger partial charge in [0.1, 0.15) is 0 Å². The van der Waals surface area contributed by atoms with Crippen LogP contribution in [0, 0.1) is 17.3 Å². The SMILES string of the molecule is CC#CCn1c(N2CCCC(=N)C2)nc2c1c(=O)n(Cc1ccc3ncccc3n1)c(=O)n2C. The van der Waals surface area contributed by atoms with E-state index in [9.17, 15) is 9.59 Å². The van der Waals surface area contributed by atoms with Crippen molar-refractivity contribution in [2.24, 2.45) is 7.05 Å². The molecule has 34 heavy (non-hydrogen) atoms. The molecule has 1 aliphatic heterocycles. The third kappa shape index (κ3) is 3.65. The fraction of sp³-hybridized carbons (Fsp3) is 0.333. The molecule has 1 N–H and O–H groups in total. The molecule has 5 heterocycles. The Morgan fingerprint density at radius 2 is 1.97 bits per heavy atom. The quantitative estimate of drug-likeness (QED) is 0.466. The van der Waals surface area contributed by atoms with E-state index >= 15 is 0 Å². The van der Waals surface area contributed by atoms with Gasteiger partial charge in [-0.15, -0.1) is 5.92 Å². The average molecular weight is 457 g/mol. The summed E-state index contributed by atoms with van der Waals surface area (Å²) in [5, 5.41) is 8.11. The Morgan fingerprint density at radius 3 is 2.76 bits per heavy atom. The van der Waals surface area contributed by atoms with E-state index < -0.39 is 11.2 Å². The lowest BCUT2D eigenvalue weighted by Gasteiger charge is -2.28. The van der Waals surface area contributed by atoms with Crippen molar-refractivity contribution >= 4 is 33.9 Å². The summed E-state index contributed by atoms with van der Waals surface area (Å²) in [5.74, 6) is 6.45. The van der Waals surface area contributed by atoms with Gasteiger partial charge in [0.2, 0.25) is 5.95 Å². The molecule has 172 valence electrons. The van der Waals surface area contributed by atoms with Gasteiger partial charge in [0, 0.05) is 25.5 Å². The second kappa shape index (κ2) is 8.59. The lowest BCUT2D eigenvalue weighted by molar-refractivity contribution is 0.645. The standard InChI is InChI=1S/C24H24N8O2/c1-3-4-13-31-20-21(28-23(31)30-12-6-7-16(25)14-30)29(2)24(34)32(22(20)33)15-17-9-10-18-19(27-17)8-5-11-26-18/h5,8-11,25H,6-7,12-15H2,1-2H3. The number of aromatic nitrogens is 6. The molecule has 0 saturated carbocycles. The van der Waals surface area contributed by atoms with Crippen molar-refractivity contribution < 1.29 is 0 Å². The second-order valence-electron chi connectivity index (χ2n) is 8.30. The van der Waals surface area contributed by atoms with E-state index in [1.807, 2.05) is 17.0 Å². The van der Waals surface area contributed by atoms with Crippen LogP contribution in [0.2, 0.25) is 0 Å². The van der Waals surface area contributed by atoms with Crippen LogP contribution in [-0.4, -0.2) is 47.5 Å². The number of hydrogen-bond acceptors (Lipinski definition) is 7. The van der Waals surface area contributed by atoms with Crippen molar-refractivity contribution in [1.29, 1.82) is 5.41 Å². The molecule has 0 aliphatic carbocycles. The number of aryl methyl sites for hydroxylation is 1. The van der Waals surface area contributed by atoms with Crippen LogP contribution in [0.5, 0.6) is 0 Å². The van der Waals surface area contributed by atoms with E-state index in [0.717, 1.165) is 24.9 Å². The third-order valence-corrected chi connectivity index (χ3v) is 6.03. The minimum atomic E-state index is -0.463. The zero-order valence-electron chi connectivity index (χ0n) is 19.1. The van der Waals surface area contributed by atoms with Gasteiger partial charge in [0.25, 0.3) is 5.56 Å². The van der Waals surface area contributed by atoms with Gasteiger partial charge in [-0.2, -0.15) is 4.98 Å². The Hall–Kier alpha value is -4.26. The van der Waals surface area contributed by atoms with E-state index in [0.29, 0.717) is 40.6 Å². The lowest BCUT2D eigenvalue weighted by atomic mass is 10.1. The van der Waals surface area contributed by atoms with Crippen LogP contribution in [0.1, 0.15) is 25.5 Å². The van der Waals surface area contributed by atoms with Crippen LogP contribution in [0.3, 0.4) is 0 Å². The first-order chi connectivity index (χ1) is 16.5. The number of piperidine rings is 1. The van der Waals surface area contributed by atoms with Crippen LogP contribution < -0.4 is 16.1 Å². The first-order valence-electron chi connectivity index (χ1n) is 11.1. The molecule has 0 amide bonds. The highest BCUT2D eigenvalue weighted by Gasteiger charge is 2.25. The van der Waals surface area contributed by atoms with Gasteiger partial charge in [0.05, 0.1) is 36.4 Å². The summed E-state index contributed by atoms with van der Waals surface area (Å²) >= 11 is 0. The van der Waals surface area contributed by atoms with E-state index in [1.165, 1.54) is 9.13 Å². The maximum absolute atomic E-state index is 13.7. The Balaban J connectivity index is 1.68. The summed E-state index contributed by atoms with van der Waals surface area (Å²) in [7, 11) is 1.61. The zero-order chi connectivity index (χ0) is 23.8. The van der Waals surface area contributed by atoms with Gasteiger partial charge in [-0.1, -0.05) is 5.92 Å². The topological polar surface area (TPSA) is 115 Å². The van der Waals surface area contributed by atoms with E-state index in [-0.39, 0.29) is 13.1 Å². The Labute approximate surface area is 195 Å². The van der Waals surface area contributed by atoms with E-state index in [2.05, 4.69) is 26.8 Å². The summed E-state index contributed by atoms with van der Waals surface area (Å²) < 4.78 is 4.35. The van der Waals surface area contributed by atoms with Crippen LogP contribution >= 0.6 is 0 Å². The van der Waals surface area contributed by atoms with E-state index in [4.69, 9.17) is 5.41 Å². The number of pyridine rings is 2. The largest absolute Gasteiger partial charge is 0.337 e. The molecule has 0 unspecified atom stereocenters. The number of hydrogen-bond donors (Lipinski definition) is 1. The van der Waals surface area contributed by atoms with Gasteiger partial charge in [0.15, 0.2) is 11.2 Å². The van der Waals surface area contributed by atoms with Gasteiger partial charge in [-0.05, 0) is 44.0 Å². The molecule has 0 bridgehead atoms. The molecule has 4 aromatic heterocycles. The van der Waals surface area contributed by atoms with Crippen molar-refractivity contribution in [2.45, 2.75) is 32.9 Å². The van der Waals surface area contributed by atoms with Crippen LogP contribution in [0.4, 0.5) is 5.95 Å². The maximum atomic E-state index is 13.7. The fourth-order valence-electron chi connectivity index (χ4n) is 4.34. The molecule has 4 aromatic rings. The van der Waals surface area contributed by atoms with Crippen molar-refractivity contribution in [1.82, 2.24) is 28.7 Å². The molecule has 0 radical (unpaired) electrons. The predicted molar refractivity (Wildman–Crippen MR) is 130 cm³/mol. The number of nitrogens with zero attached hydrogens (tertiary/aromatic N) is 7. The Kier molecular flexibility index (Phi) is 5.45. The fourth-order valence-corrected chi connectivity index (χ4v) is 4.34. The van der Waals surface area contributed by atoms with Gasteiger partial charge in [-0.25, -0.2) is 9.78 Å². The van der Waals surface area contributed by atoms with Gasteiger partial charge in [-0.3, -0.25) is 23.5 Å². The number of anilines is 1. The highest BCUT2D eigenvalue weighted by Crippen LogP contribution is 2.22. The molecule has 10 heteroatoms. The van der Waals surface area contributed by atoms with Crippen molar-refractivity contribution in [3.8, 4) is 11.8 Å². The zero-order valence-corrected chi connectivity index (χ0v) is 19.1.